The molecule has 69 heavy (non-hydrogen) atoms. The van der Waals surface area contributed by atoms with Crippen molar-refractivity contribution >= 4 is 81.1 Å². The van der Waals surface area contributed by atoms with E-state index in [1.165, 1.54) is 11.1 Å². The van der Waals surface area contributed by atoms with Crippen LogP contribution in [0.25, 0.3) is 0 Å². The summed E-state index contributed by atoms with van der Waals surface area (Å²) in [5, 5.41) is 51.6. The van der Waals surface area contributed by atoms with Gasteiger partial charge in [0.25, 0.3) is 0 Å². The van der Waals surface area contributed by atoms with Crippen molar-refractivity contribution in [2.45, 2.75) is 86.6 Å². The number of piperidine rings is 4. The molecule has 4 saturated heterocycles. The summed E-state index contributed by atoms with van der Waals surface area (Å²) >= 11 is 29.2. The molecule has 4 fully saturated rings. The summed E-state index contributed by atoms with van der Waals surface area (Å²) in [5.74, 6) is -2.48. The Morgan fingerprint density at radius 2 is 1.07 bits per heavy atom. The topological polar surface area (TPSA) is 135 Å². The molecule has 11 nitrogen and oxygen atoms in total. The predicted molar refractivity (Wildman–Crippen MR) is 271 cm³/mol. The number of thiocarbonyl (C=S) groups is 1. The molecule has 374 valence electrons. The van der Waals surface area contributed by atoms with Gasteiger partial charge in [-0.05, 0) is 155 Å². The molecule has 0 saturated carbocycles. The van der Waals surface area contributed by atoms with E-state index in [0.29, 0.717) is 85.7 Å². The minimum absolute atomic E-state index is 0.106. The van der Waals surface area contributed by atoms with Crippen LogP contribution >= 0.6 is 58.6 Å². The quantitative estimate of drug-likeness (QED) is 0.0674. The first kappa shape index (κ1) is 53.4. The van der Waals surface area contributed by atoms with E-state index in [1.54, 1.807) is 28.0 Å². The Kier molecular flexibility index (Phi) is 18.4. The van der Waals surface area contributed by atoms with E-state index in [-0.39, 0.29) is 29.7 Å². The Bertz CT molecular complexity index is 2360. The predicted octanol–water partition coefficient (Wildman–Crippen LogP) is 9.77. The van der Waals surface area contributed by atoms with Gasteiger partial charge in [0.1, 0.15) is 5.82 Å². The summed E-state index contributed by atoms with van der Waals surface area (Å²) in [7, 11) is 0. The highest BCUT2D eigenvalue weighted by Gasteiger charge is 2.42. The molecule has 19 heteroatoms. The van der Waals surface area contributed by atoms with Gasteiger partial charge in [0.05, 0.1) is 39.1 Å². The first-order chi connectivity index (χ1) is 32.9. The zero-order valence-corrected chi connectivity index (χ0v) is 41.9. The van der Waals surface area contributed by atoms with E-state index in [2.05, 4.69) is 44.7 Å². The number of aliphatic hydroxyl groups excluding tert-OH is 2. The first-order valence-electron chi connectivity index (χ1n) is 23.4. The van der Waals surface area contributed by atoms with Gasteiger partial charge < -0.3 is 50.7 Å². The first-order valence-corrected chi connectivity index (χ1v) is 25.3. The van der Waals surface area contributed by atoms with Crippen LogP contribution in [-0.2, 0) is 0 Å². The molecule has 0 aliphatic carbocycles. The second-order valence-electron chi connectivity index (χ2n) is 18.7. The molecule has 4 heterocycles. The number of halogens is 7. The molecule has 0 radical (unpaired) electrons. The molecule has 8 rings (SSSR count). The lowest BCUT2D eigenvalue weighted by Crippen LogP contribution is -2.56. The van der Waals surface area contributed by atoms with Crippen molar-refractivity contribution in [3.63, 3.8) is 0 Å². The van der Waals surface area contributed by atoms with Crippen molar-refractivity contribution in [3.8, 4) is 0 Å². The van der Waals surface area contributed by atoms with E-state index in [1.807, 2.05) is 24.3 Å². The summed E-state index contributed by atoms with van der Waals surface area (Å²) in [6.07, 6.45) is 3.34. The Balaban J connectivity index is 0.000000204. The van der Waals surface area contributed by atoms with Crippen LogP contribution in [0.3, 0.4) is 0 Å². The van der Waals surface area contributed by atoms with E-state index in [4.69, 9.17) is 58.6 Å². The van der Waals surface area contributed by atoms with Gasteiger partial charge in [-0.15, -0.1) is 0 Å². The summed E-state index contributed by atoms with van der Waals surface area (Å²) in [4.78, 5) is 20.3. The van der Waals surface area contributed by atoms with Gasteiger partial charge in [0, 0.05) is 67.1 Å². The van der Waals surface area contributed by atoms with E-state index >= 15 is 0 Å². The molecule has 2 atom stereocenters. The highest BCUT2D eigenvalue weighted by Crippen LogP contribution is 2.34. The number of carbonyl (C=O) groups is 1. The molecule has 2 unspecified atom stereocenters. The fraction of sp³-hybridized carbons (Fsp3) is 0.480. The Labute approximate surface area is 427 Å². The van der Waals surface area contributed by atoms with Crippen molar-refractivity contribution in [2.24, 2.45) is 0 Å². The summed E-state index contributed by atoms with van der Waals surface area (Å²) in [6.45, 7) is 5.57. The molecule has 0 aromatic heterocycles. The van der Waals surface area contributed by atoms with Crippen LogP contribution in [-0.4, -0.2) is 140 Å². The number of anilines is 2. The summed E-state index contributed by atoms with van der Waals surface area (Å²) < 4.78 is 40.8. The van der Waals surface area contributed by atoms with Gasteiger partial charge in [0.2, 0.25) is 0 Å². The van der Waals surface area contributed by atoms with Crippen molar-refractivity contribution in [1.82, 2.24) is 19.6 Å². The highest BCUT2D eigenvalue weighted by molar-refractivity contribution is 7.80. The molecule has 0 spiro atoms. The van der Waals surface area contributed by atoms with Crippen molar-refractivity contribution in [1.29, 1.82) is 0 Å². The van der Waals surface area contributed by atoms with Gasteiger partial charge >= 0.3 is 6.03 Å². The zero-order chi connectivity index (χ0) is 49.5. The maximum Gasteiger partial charge on any atom is 0.321 e. The number of hydrogen-bond donors (Lipinski definition) is 6. The maximum atomic E-state index is 13.9. The minimum atomic E-state index is -1.30. The van der Waals surface area contributed by atoms with E-state index in [0.717, 1.165) is 68.0 Å². The smallest absolute Gasteiger partial charge is 0.321 e. The van der Waals surface area contributed by atoms with Gasteiger partial charge in [0.15, 0.2) is 16.7 Å². The van der Waals surface area contributed by atoms with Crippen LogP contribution in [0.1, 0.15) is 74.3 Å². The number of benzene rings is 4. The molecule has 4 aromatic rings. The normalized spacial score (nSPS) is 20.1. The molecule has 0 bridgehead atoms. The van der Waals surface area contributed by atoms with Crippen LogP contribution in [0.4, 0.5) is 29.3 Å². The number of amides is 2. The number of likely N-dealkylation sites (tertiary alicyclic amines) is 4. The lowest BCUT2D eigenvalue weighted by atomic mass is 9.84. The molecule has 4 aliphatic rings. The standard InChI is InChI=1S/C25H30Cl3N3O3.C25H29ClF3N3O2S/c26-19-3-1-17(2-4-19)18-7-11-30(12-8-18)16-23(32)25(34)9-13-31(14-10-25)24(33)29-20-5-6-21(27)22(28)15-20;26-18-3-1-16(2-4-18)17-5-9-31(10-6-17)15-22(33)25(34)7-11-32(12-8-25)24(35)30-21-14-19(27)13-20(28)23(21)29/h1-6,15,18,23,32,34H,7-14,16H2,(H,29,33);1-4,13-14,17,22,33-34H,5-12,15H2,(H,30,35). The Morgan fingerprint density at radius 1 is 0.623 bits per heavy atom. The minimum Gasteiger partial charge on any atom is -0.389 e. The lowest BCUT2D eigenvalue weighted by molar-refractivity contribution is -0.113. The third-order valence-electron chi connectivity index (χ3n) is 14.2. The molecule has 2 amide bonds. The van der Waals surface area contributed by atoms with Crippen molar-refractivity contribution in [3.05, 3.63) is 128 Å². The largest absolute Gasteiger partial charge is 0.389 e. The molecule has 6 N–H and O–H groups in total. The van der Waals surface area contributed by atoms with E-state index in [9.17, 15) is 38.4 Å². The number of carbonyl (C=O) groups excluding carboxylic acids is 1. The summed E-state index contributed by atoms with van der Waals surface area (Å²) in [6, 6.07) is 21.9. The monoisotopic (exact) mass is 1050 g/mol. The Morgan fingerprint density at radius 3 is 1.52 bits per heavy atom. The third-order valence-corrected chi connectivity index (χ3v) is 15.8. The average Bonchev–Trinajstić information content (AvgIpc) is 3.33. The second-order valence-corrected chi connectivity index (χ2v) is 20.8. The van der Waals surface area contributed by atoms with Crippen LogP contribution in [0.5, 0.6) is 0 Å². The zero-order valence-electron chi connectivity index (χ0n) is 38.1. The number of urea groups is 1. The lowest BCUT2D eigenvalue weighted by Gasteiger charge is -2.43. The van der Waals surface area contributed by atoms with Crippen LogP contribution in [0.2, 0.25) is 20.1 Å². The fourth-order valence-corrected chi connectivity index (χ4v) is 10.5. The number of rotatable bonds is 10. The summed E-state index contributed by atoms with van der Waals surface area (Å²) in [5.41, 5.74) is 0.279. The maximum absolute atomic E-state index is 13.9. The molecule has 4 aliphatic heterocycles. The number of nitrogens with zero attached hydrogens (tertiary/aromatic N) is 4. The van der Waals surface area contributed by atoms with Crippen LogP contribution < -0.4 is 10.6 Å². The van der Waals surface area contributed by atoms with Crippen LogP contribution in [0, 0.1) is 17.5 Å². The molecular weight excluding hydrogens is 995 g/mol. The molecular formula is C50H59Cl4F3N6O5S. The van der Waals surface area contributed by atoms with Crippen molar-refractivity contribution < 1.29 is 38.4 Å². The Hall–Kier alpha value is -3.45. The van der Waals surface area contributed by atoms with Gasteiger partial charge in [-0.1, -0.05) is 70.7 Å². The average molecular weight is 1050 g/mol. The SMILES string of the molecule is O=C(Nc1ccc(Cl)c(Cl)c1)N1CCC(O)(C(O)CN2CCC(c3ccc(Cl)cc3)CC2)CC1.OC(CN1CCC(c2ccc(Cl)cc2)CC1)C1(O)CCN(C(=S)Nc2cc(F)cc(F)c2F)CC1. The molecule has 4 aromatic carbocycles. The number of aliphatic hydroxyl groups is 4. The third kappa shape index (κ3) is 14.2. The van der Waals surface area contributed by atoms with Crippen LogP contribution in [0.15, 0.2) is 78.9 Å². The van der Waals surface area contributed by atoms with Gasteiger partial charge in [-0.2, -0.15) is 0 Å². The fourth-order valence-electron chi connectivity index (χ4n) is 9.67. The number of hydrogen-bond acceptors (Lipinski definition) is 8. The second kappa shape index (κ2) is 23.8. The number of β-amino-alcohol motifs (C(OH)–C–C–N with tert-alkyl or cyclic N) is 2. The van der Waals surface area contributed by atoms with E-state index < -0.39 is 40.9 Å². The number of nitrogens with one attached hydrogen (secondary N) is 2. The van der Waals surface area contributed by atoms with Gasteiger partial charge in [-0.3, -0.25) is 0 Å². The van der Waals surface area contributed by atoms with Crippen molar-refractivity contribution in [2.75, 3.05) is 76.1 Å². The van der Waals surface area contributed by atoms with Gasteiger partial charge in [-0.25, -0.2) is 18.0 Å². The highest BCUT2D eigenvalue weighted by atomic mass is 35.5.